The lowest BCUT2D eigenvalue weighted by Crippen LogP contribution is -2.11. The lowest BCUT2D eigenvalue weighted by molar-refractivity contribution is 0.301. The Morgan fingerprint density at radius 3 is 2.60 bits per heavy atom. The molecule has 0 bridgehead atoms. The molecule has 108 valence electrons. The summed E-state index contributed by atoms with van der Waals surface area (Å²) in [5.41, 5.74) is 2.28. The molecule has 1 aromatic heterocycles. The smallest absolute Gasteiger partial charge is 0.131 e. The van der Waals surface area contributed by atoms with E-state index in [-0.39, 0.29) is 0 Å². The molecule has 0 fully saturated rings. The summed E-state index contributed by atoms with van der Waals surface area (Å²) in [6, 6.07) is 8.22. The SMILES string of the molecule is CCNCc1ccc(OCc2csc(C(C)C)n2)cc1. The number of nitrogens with one attached hydrogen (secondary N) is 1. The maximum Gasteiger partial charge on any atom is 0.131 e. The quantitative estimate of drug-likeness (QED) is 0.838. The number of thiazole rings is 1. The second-order valence-corrected chi connectivity index (χ2v) is 5.93. The Kier molecular flexibility index (Phi) is 5.56. The van der Waals surface area contributed by atoms with E-state index in [0.29, 0.717) is 12.5 Å². The lowest BCUT2D eigenvalue weighted by atomic mass is 10.2. The van der Waals surface area contributed by atoms with Crippen molar-refractivity contribution in [1.82, 2.24) is 10.3 Å². The van der Waals surface area contributed by atoms with Crippen LogP contribution in [0.1, 0.15) is 43.0 Å². The van der Waals surface area contributed by atoms with Gasteiger partial charge in [-0.15, -0.1) is 11.3 Å². The van der Waals surface area contributed by atoms with Gasteiger partial charge in [-0.25, -0.2) is 4.98 Å². The molecule has 0 atom stereocenters. The van der Waals surface area contributed by atoms with Gasteiger partial charge in [-0.2, -0.15) is 0 Å². The topological polar surface area (TPSA) is 34.1 Å². The van der Waals surface area contributed by atoms with Crippen LogP contribution in [0.3, 0.4) is 0 Å². The Morgan fingerprint density at radius 2 is 2.00 bits per heavy atom. The van der Waals surface area contributed by atoms with Crippen LogP contribution in [-0.2, 0) is 13.2 Å². The van der Waals surface area contributed by atoms with Crippen LogP contribution in [0.25, 0.3) is 0 Å². The molecule has 1 heterocycles. The van der Waals surface area contributed by atoms with Crippen molar-refractivity contribution in [2.45, 2.75) is 39.8 Å². The number of hydrogen-bond donors (Lipinski definition) is 1. The number of rotatable bonds is 7. The van der Waals surface area contributed by atoms with E-state index < -0.39 is 0 Å². The molecule has 4 heteroatoms. The normalized spacial score (nSPS) is 11.0. The first-order chi connectivity index (χ1) is 9.69. The molecule has 0 saturated carbocycles. The maximum atomic E-state index is 5.77. The second kappa shape index (κ2) is 7.41. The molecule has 3 nitrogen and oxygen atoms in total. The van der Waals surface area contributed by atoms with Crippen LogP contribution >= 0.6 is 11.3 Å². The van der Waals surface area contributed by atoms with Gasteiger partial charge in [0.15, 0.2) is 0 Å². The Labute approximate surface area is 125 Å². The van der Waals surface area contributed by atoms with Crippen LogP contribution in [0.15, 0.2) is 29.6 Å². The summed E-state index contributed by atoms with van der Waals surface area (Å²) in [6.45, 7) is 8.85. The van der Waals surface area contributed by atoms with Gasteiger partial charge in [0.25, 0.3) is 0 Å². The number of ether oxygens (including phenoxy) is 1. The zero-order chi connectivity index (χ0) is 14.4. The molecule has 1 N–H and O–H groups in total. The molecule has 1 aromatic carbocycles. The van der Waals surface area contributed by atoms with E-state index in [9.17, 15) is 0 Å². The van der Waals surface area contributed by atoms with Crippen molar-refractivity contribution in [3.05, 3.63) is 45.9 Å². The monoisotopic (exact) mass is 290 g/mol. The summed E-state index contributed by atoms with van der Waals surface area (Å²) in [5, 5.41) is 6.55. The summed E-state index contributed by atoms with van der Waals surface area (Å²) >= 11 is 1.70. The number of nitrogens with zero attached hydrogens (tertiary/aromatic N) is 1. The molecule has 20 heavy (non-hydrogen) atoms. The molecule has 2 aromatic rings. The predicted octanol–water partition coefficient (Wildman–Crippen LogP) is 3.96. The number of aromatic nitrogens is 1. The summed E-state index contributed by atoms with van der Waals surface area (Å²) in [6.07, 6.45) is 0. The molecule has 0 amide bonds. The van der Waals surface area contributed by atoms with E-state index >= 15 is 0 Å². The molecule has 0 unspecified atom stereocenters. The Bertz CT molecular complexity index is 520. The fourth-order valence-electron chi connectivity index (χ4n) is 1.78. The highest BCUT2D eigenvalue weighted by atomic mass is 32.1. The third kappa shape index (κ3) is 4.32. The second-order valence-electron chi connectivity index (χ2n) is 5.04. The minimum atomic E-state index is 0.485. The van der Waals surface area contributed by atoms with Crippen LogP contribution in [0.4, 0.5) is 0 Å². The third-order valence-corrected chi connectivity index (χ3v) is 4.15. The van der Waals surface area contributed by atoms with E-state index in [2.05, 4.69) is 48.6 Å². The Hall–Kier alpha value is -1.39. The van der Waals surface area contributed by atoms with Crippen molar-refractivity contribution in [1.29, 1.82) is 0 Å². The Morgan fingerprint density at radius 1 is 1.25 bits per heavy atom. The first-order valence-electron chi connectivity index (χ1n) is 7.05. The largest absolute Gasteiger partial charge is 0.487 e. The average molecular weight is 290 g/mol. The van der Waals surface area contributed by atoms with Crippen molar-refractivity contribution in [2.24, 2.45) is 0 Å². The van der Waals surface area contributed by atoms with E-state index in [1.807, 2.05) is 12.1 Å². The zero-order valence-electron chi connectivity index (χ0n) is 12.3. The molecular weight excluding hydrogens is 268 g/mol. The van der Waals surface area contributed by atoms with Crippen LogP contribution in [0.5, 0.6) is 5.75 Å². The van der Waals surface area contributed by atoms with Gasteiger partial charge in [0.2, 0.25) is 0 Å². The summed E-state index contributed by atoms with van der Waals surface area (Å²) in [7, 11) is 0. The highest BCUT2D eigenvalue weighted by Crippen LogP contribution is 2.20. The fourth-order valence-corrected chi connectivity index (χ4v) is 2.60. The first-order valence-corrected chi connectivity index (χ1v) is 7.93. The van der Waals surface area contributed by atoms with Crippen molar-refractivity contribution < 1.29 is 4.74 Å². The van der Waals surface area contributed by atoms with Crippen molar-refractivity contribution in [3.8, 4) is 5.75 Å². The van der Waals surface area contributed by atoms with Gasteiger partial charge in [0.05, 0.1) is 10.7 Å². The van der Waals surface area contributed by atoms with E-state index in [4.69, 9.17) is 4.74 Å². The van der Waals surface area contributed by atoms with Gasteiger partial charge >= 0.3 is 0 Å². The molecule has 0 saturated heterocycles. The zero-order valence-corrected chi connectivity index (χ0v) is 13.2. The fraction of sp³-hybridized carbons (Fsp3) is 0.438. The lowest BCUT2D eigenvalue weighted by Gasteiger charge is -2.06. The van der Waals surface area contributed by atoms with E-state index in [0.717, 1.165) is 24.5 Å². The highest BCUT2D eigenvalue weighted by Gasteiger charge is 2.06. The van der Waals surface area contributed by atoms with Gasteiger partial charge in [-0.3, -0.25) is 0 Å². The van der Waals surface area contributed by atoms with Crippen LogP contribution in [-0.4, -0.2) is 11.5 Å². The molecule has 2 rings (SSSR count). The number of benzene rings is 1. The van der Waals surface area contributed by atoms with Crippen LogP contribution < -0.4 is 10.1 Å². The first kappa shape index (κ1) is 15.0. The van der Waals surface area contributed by atoms with Gasteiger partial charge in [0.1, 0.15) is 12.4 Å². The van der Waals surface area contributed by atoms with Gasteiger partial charge in [-0.05, 0) is 24.2 Å². The molecule has 0 spiro atoms. The minimum Gasteiger partial charge on any atom is -0.487 e. The molecular formula is C16H22N2OS. The van der Waals surface area contributed by atoms with Gasteiger partial charge in [-0.1, -0.05) is 32.9 Å². The molecule has 0 aliphatic rings. The maximum absolute atomic E-state index is 5.77. The number of hydrogen-bond acceptors (Lipinski definition) is 4. The third-order valence-electron chi connectivity index (χ3n) is 2.95. The van der Waals surface area contributed by atoms with Gasteiger partial charge < -0.3 is 10.1 Å². The Balaban J connectivity index is 1.86. The van der Waals surface area contributed by atoms with Crippen molar-refractivity contribution in [3.63, 3.8) is 0 Å². The average Bonchev–Trinajstić information content (AvgIpc) is 2.93. The van der Waals surface area contributed by atoms with Crippen LogP contribution in [0, 0.1) is 0 Å². The van der Waals surface area contributed by atoms with E-state index in [1.165, 1.54) is 10.6 Å². The minimum absolute atomic E-state index is 0.485. The molecule has 0 radical (unpaired) electrons. The molecule has 0 aliphatic heterocycles. The van der Waals surface area contributed by atoms with Gasteiger partial charge in [0, 0.05) is 17.8 Å². The standard InChI is InChI=1S/C16H22N2OS/c1-4-17-9-13-5-7-15(8-6-13)19-10-14-11-20-16(18-14)12(2)3/h5-8,11-12,17H,4,9-10H2,1-3H3. The molecule has 0 aliphatic carbocycles. The summed E-state index contributed by atoms with van der Waals surface area (Å²) in [5.74, 6) is 1.38. The van der Waals surface area contributed by atoms with Crippen molar-refractivity contribution >= 4 is 11.3 Å². The van der Waals surface area contributed by atoms with E-state index in [1.54, 1.807) is 11.3 Å². The van der Waals surface area contributed by atoms with Crippen molar-refractivity contribution in [2.75, 3.05) is 6.54 Å². The highest BCUT2D eigenvalue weighted by molar-refractivity contribution is 7.09. The summed E-state index contributed by atoms with van der Waals surface area (Å²) in [4.78, 5) is 4.57. The summed E-state index contributed by atoms with van der Waals surface area (Å²) < 4.78 is 5.77. The van der Waals surface area contributed by atoms with Crippen LogP contribution in [0.2, 0.25) is 0 Å². The predicted molar refractivity (Wildman–Crippen MR) is 84.4 cm³/mol.